The average Bonchev–Trinajstić information content (AvgIpc) is 2.69. The molecular weight excluding hydrogens is 395 g/mol. The van der Waals surface area contributed by atoms with Crippen LogP contribution in [0.3, 0.4) is 0 Å². The van der Waals surface area contributed by atoms with Crippen molar-refractivity contribution in [3.05, 3.63) is 84.7 Å². The second kappa shape index (κ2) is 9.81. The molecule has 0 saturated carbocycles. The maximum Gasteiger partial charge on any atom is 0.321 e. The molecule has 3 aromatic rings. The Hall–Kier alpha value is -3.23. The number of benzene rings is 3. The van der Waals surface area contributed by atoms with Crippen molar-refractivity contribution in [2.24, 2.45) is 0 Å². The van der Waals surface area contributed by atoms with Gasteiger partial charge < -0.3 is 10.8 Å². The fraction of sp³-hybridized carbons (Fsp3) is 0.0952. The smallest absolute Gasteiger partial charge is 0.321 e. The van der Waals surface area contributed by atoms with Gasteiger partial charge in [0.1, 0.15) is 11.9 Å². The van der Waals surface area contributed by atoms with E-state index in [0.29, 0.717) is 0 Å². The number of halogens is 1. The second-order valence-electron chi connectivity index (χ2n) is 6.09. The lowest BCUT2D eigenvalue weighted by molar-refractivity contribution is -0.138. The van der Waals surface area contributed by atoms with Gasteiger partial charge in [-0.25, -0.2) is 12.8 Å². The quantitative estimate of drug-likeness (QED) is 0.552. The monoisotopic (exact) mass is 416 g/mol. The van der Waals surface area contributed by atoms with E-state index in [9.17, 15) is 17.6 Å². The van der Waals surface area contributed by atoms with E-state index >= 15 is 0 Å². The molecule has 0 bridgehead atoms. The maximum absolute atomic E-state index is 12.6. The van der Waals surface area contributed by atoms with Gasteiger partial charge in [0.15, 0.2) is 0 Å². The highest BCUT2D eigenvalue weighted by molar-refractivity contribution is 7.89. The maximum atomic E-state index is 12.6. The second-order valence-corrected chi connectivity index (χ2v) is 7.80. The van der Waals surface area contributed by atoms with Crippen LogP contribution in [0.2, 0.25) is 0 Å². The fourth-order valence-electron chi connectivity index (χ4n) is 2.34. The molecule has 0 aromatic heterocycles. The van der Waals surface area contributed by atoms with Crippen LogP contribution in [0.5, 0.6) is 0 Å². The van der Waals surface area contributed by atoms with Gasteiger partial charge >= 0.3 is 5.97 Å². The van der Waals surface area contributed by atoms with Crippen LogP contribution < -0.4 is 10.5 Å². The molecule has 0 fully saturated rings. The molecule has 0 radical (unpaired) electrons. The molecule has 3 aromatic carbocycles. The summed E-state index contributed by atoms with van der Waals surface area (Å²) < 4.78 is 37.6. The minimum Gasteiger partial charge on any atom is -0.480 e. The summed E-state index contributed by atoms with van der Waals surface area (Å²) >= 11 is 0. The van der Waals surface area contributed by atoms with Crippen molar-refractivity contribution in [2.45, 2.75) is 17.9 Å². The van der Waals surface area contributed by atoms with Gasteiger partial charge in [-0.15, -0.1) is 0 Å². The highest BCUT2D eigenvalue weighted by Crippen LogP contribution is 2.24. The van der Waals surface area contributed by atoms with Gasteiger partial charge in [0.05, 0.1) is 4.90 Å². The number of aliphatic carboxylic acids is 1. The zero-order valence-corrected chi connectivity index (χ0v) is 16.4. The van der Waals surface area contributed by atoms with Crippen molar-refractivity contribution in [1.29, 1.82) is 0 Å². The Balaban J connectivity index is 0.000000211. The van der Waals surface area contributed by atoms with E-state index in [4.69, 9.17) is 10.8 Å². The molecule has 6 nitrogen and oxygen atoms in total. The minimum atomic E-state index is -3.92. The number of carboxylic acids is 1. The van der Waals surface area contributed by atoms with E-state index in [1.54, 1.807) is 0 Å². The molecule has 4 N–H and O–H groups in total. The van der Waals surface area contributed by atoms with Crippen molar-refractivity contribution >= 4 is 21.7 Å². The third-order valence-corrected chi connectivity index (χ3v) is 5.43. The van der Waals surface area contributed by atoms with Gasteiger partial charge in [0.2, 0.25) is 10.0 Å². The zero-order valence-electron chi connectivity index (χ0n) is 15.6. The Morgan fingerprint density at radius 1 is 0.966 bits per heavy atom. The van der Waals surface area contributed by atoms with Gasteiger partial charge in [-0.3, -0.25) is 4.79 Å². The summed E-state index contributed by atoms with van der Waals surface area (Å²) in [4.78, 5) is 10.3. The van der Waals surface area contributed by atoms with Crippen LogP contribution in [0, 0.1) is 5.82 Å². The molecule has 0 spiro atoms. The van der Waals surface area contributed by atoms with Crippen LogP contribution >= 0.6 is 0 Å². The number of nitrogens with one attached hydrogen (secondary N) is 1. The van der Waals surface area contributed by atoms with Crippen LogP contribution in [0.1, 0.15) is 6.92 Å². The van der Waals surface area contributed by atoms with Crippen LogP contribution in [0.15, 0.2) is 83.8 Å². The number of rotatable bonds is 5. The van der Waals surface area contributed by atoms with Gasteiger partial charge in [0.25, 0.3) is 0 Å². The van der Waals surface area contributed by atoms with E-state index in [-0.39, 0.29) is 4.90 Å². The van der Waals surface area contributed by atoms with Gasteiger partial charge in [0, 0.05) is 11.3 Å². The summed E-state index contributed by atoms with van der Waals surface area (Å²) in [6.07, 6.45) is 0. The van der Waals surface area contributed by atoms with E-state index in [1.165, 1.54) is 12.5 Å². The highest BCUT2D eigenvalue weighted by atomic mass is 32.2. The number of nitrogen functional groups attached to an aromatic ring is 1. The first kappa shape index (κ1) is 22.1. The predicted molar refractivity (Wildman–Crippen MR) is 110 cm³/mol. The Morgan fingerprint density at radius 3 is 2.07 bits per heavy atom. The number of nitrogens with two attached hydrogens (primary N) is 1. The Kier molecular flexibility index (Phi) is 7.46. The van der Waals surface area contributed by atoms with Crippen LogP contribution in [0.25, 0.3) is 11.1 Å². The zero-order chi connectivity index (χ0) is 21.4. The van der Waals surface area contributed by atoms with Crippen LogP contribution in [-0.2, 0) is 14.8 Å². The van der Waals surface area contributed by atoms with Crippen molar-refractivity contribution in [3.8, 4) is 11.1 Å². The van der Waals surface area contributed by atoms with Crippen molar-refractivity contribution < 1.29 is 22.7 Å². The van der Waals surface area contributed by atoms with E-state index in [2.05, 4.69) is 12.1 Å². The molecule has 0 heterocycles. The lowest BCUT2D eigenvalue weighted by Crippen LogP contribution is -2.38. The molecule has 1 atom stereocenters. The van der Waals surface area contributed by atoms with Crippen molar-refractivity contribution in [3.63, 3.8) is 0 Å². The van der Waals surface area contributed by atoms with E-state index < -0.39 is 27.9 Å². The summed E-state index contributed by atoms with van der Waals surface area (Å²) in [6, 6.07) is 20.9. The molecule has 0 aliphatic carbocycles. The molecule has 0 amide bonds. The number of hydrogen-bond donors (Lipinski definition) is 3. The number of carboxylic acid groups (broad SMARTS) is 1. The summed E-state index contributed by atoms with van der Waals surface area (Å²) in [5.41, 5.74) is 8.95. The SMILES string of the molecule is C[C@H](NS(=O)(=O)c1ccc(F)cc1)C(=O)O.Nc1ccccc1-c1ccccc1. The first-order valence-corrected chi connectivity index (χ1v) is 10.1. The van der Waals surface area contributed by atoms with Gasteiger partial charge in [-0.2, -0.15) is 4.72 Å². The molecule has 0 aliphatic rings. The highest BCUT2D eigenvalue weighted by Gasteiger charge is 2.21. The normalized spacial score (nSPS) is 11.8. The molecule has 3 rings (SSSR count). The van der Waals surface area contributed by atoms with E-state index in [1.807, 2.05) is 47.2 Å². The molecular formula is C21H21FN2O4S. The molecule has 0 saturated heterocycles. The van der Waals surface area contributed by atoms with Crippen molar-refractivity contribution in [1.82, 2.24) is 4.72 Å². The number of hydrogen-bond acceptors (Lipinski definition) is 4. The Morgan fingerprint density at radius 2 is 1.52 bits per heavy atom. The molecule has 0 unspecified atom stereocenters. The average molecular weight is 416 g/mol. The fourth-order valence-corrected chi connectivity index (χ4v) is 3.54. The minimum absolute atomic E-state index is 0.179. The lowest BCUT2D eigenvalue weighted by atomic mass is 10.0. The third kappa shape index (κ3) is 6.41. The number of anilines is 1. The summed E-state index contributed by atoms with van der Waals surface area (Å²) in [5, 5.41) is 8.55. The number of para-hydroxylation sites is 1. The van der Waals surface area contributed by atoms with E-state index in [0.717, 1.165) is 35.5 Å². The topological polar surface area (TPSA) is 109 Å². The molecule has 0 aliphatic heterocycles. The first-order valence-electron chi connectivity index (χ1n) is 8.61. The Bertz CT molecular complexity index is 1060. The molecule has 8 heteroatoms. The third-order valence-electron chi connectivity index (χ3n) is 3.87. The first-order chi connectivity index (χ1) is 13.7. The largest absolute Gasteiger partial charge is 0.480 e. The number of sulfonamides is 1. The van der Waals surface area contributed by atoms with Crippen LogP contribution in [-0.4, -0.2) is 25.5 Å². The number of carbonyl (C=O) groups is 1. The predicted octanol–water partition coefficient (Wildman–Crippen LogP) is 3.51. The van der Waals surface area contributed by atoms with Gasteiger partial charge in [-0.1, -0.05) is 48.5 Å². The Labute approximate surface area is 168 Å². The van der Waals surface area contributed by atoms with Gasteiger partial charge in [-0.05, 0) is 42.8 Å². The van der Waals surface area contributed by atoms with Crippen molar-refractivity contribution in [2.75, 3.05) is 5.73 Å². The summed E-state index contributed by atoms with van der Waals surface area (Å²) in [6.45, 7) is 1.20. The lowest BCUT2D eigenvalue weighted by Gasteiger charge is -2.09. The molecule has 152 valence electrons. The molecule has 29 heavy (non-hydrogen) atoms. The summed E-state index contributed by atoms with van der Waals surface area (Å²) in [7, 11) is -3.92. The standard InChI is InChI=1S/C12H11N.C9H10FNO4S/c13-12-9-5-4-8-11(12)10-6-2-1-3-7-10;1-6(9(12)13)11-16(14,15)8-4-2-7(10)3-5-8/h1-9H,13H2;2-6,11H,1H3,(H,12,13)/t;6-/m.0/s1. The summed E-state index contributed by atoms with van der Waals surface area (Å²) in [5.74, 6) is -1.85. The van der Waals surface area contributed by atoms with Crippen LogP contribution in [0.4, 0.5) is 10.1 Å².